The van der Waals surface area contributed by atoms with Gasteiger partial charge in [-0.1, -0.05) is 23.7 Å². The second kappa shape index (κ2) is 12.3. The number of nitrogens with one attached hydrogen (secondary N) is 2. The van der Waals surface area contributed by atoms with Gasteiger partial charge in [-0.3, -0.25) is 9.80 Å². The highest BCUT2D eigenvalue weighted by Crippen LogP contribution is 2.35. The molecule has 41 heavy (non-hydrogen) atoms. The lowest BCUT2D eigenvalue weighted by molar-refractivity contribution is -0.0439. The molecule has 1 atom stereocenters. The number of aromatic amines is 1. The average molecular weight is 581 g/mol. The van der Waals surface area contributed by atoms with Crippen LogP contribution in [0.3, 0.4) is 0 Å². The summed E-state index contributed by atoms with van der Waals surface area (Å²) in [6.45, 7) is 7.42. The molecule has 2 aromatic heterocycles. The van der Waals surface area contributed by atoms with E-state index in [-0.39, 0.29) is 12.4 Å². The van der Waals surface area contributed by atoms with Gasteiger partial charge in [0.25, 0.3) is 0 Å². The lowest BCUT2D eigenvalue weighted by Crippen LogP contribution is -2.49. The number of ether oxygens (including phenoxy) is 2. The zero-order valence-corrected chi connectivity index (χ0v) is 23.7. The van der Waals surface area contributed by atoms with Crippen LogP contribution in [-0.4, -0.2) is 75.5 Å². The first-order valence-corrected chi connectivity index (χ1v) is 14.4. The molecule has 2 aliphatic heterocycles. The van der Waals surface area contributed by atoms with Crippen LogP contribution in [-0.2, 0) is 11.3 Å². The summed E-state index contributed by atoms with van der Waals surface area (Å²) in [7, 11) is 0. The van der Waals surface area contributed by atoms with Crippen LogP contribution in [0.25, 0.3) is 10.9 Å². The highest BCUT2D eigenvalue weighted by molar-refractivity contribution is 6.32. The van der Waals surface area contributed by atoms with Gasteiger partial charge in [-0.05, 0) is 61.2 Å². The van der Waals surface area contributed by atoms with Crippen molar-refractivity contribution < 1.29 is 19.0 Å². The van der Waals surface area contributed by atoms with E-state index in [0.717, 1.165) is 74.4 Å². The molecule has 2 fully saturated rings. The van der Waals surface area contributed by atoms with Gasteiger partial charge in [0.05, 0.1) is 35.6 Å². The Morgan fingerprint density at radius 2 is 1.98 bits per heavy atom. The highest BCUT2D eigenvalue weighted by atomic mass is 35.5. The Kier molecular flexibility index (Phi) is 8.36. The zero-order valence-electron chi connectivity index (χ0n) is 22.9. The maximum absolute atomic E-state index is 13.5. The van der Waals surface area contributed by atoms with Crippen molar-refractivity contribution in [1.82, 2.24) is 25.0 Å². The normalized spacial score (nSPS) is 18.0. The largest absolute Gasteiger partial charge is 0.487 e. The minimum atomic E-state index is -0.746. The van der Waals surface area contributed by atoms with E-state index in [0.29, 0.717) is 33.9 Å². The number of H-pyrrole nitrogens is 1. The summed E-state index contributed by atoms with van der Waals surface area (Å²) in [5, 5.41) is 24.5. The lowest BCUT2D eigenvalue weighted by Gasteiger charge is -2.41. The van der Waals surface area contributed by atoms with Crippen molar-refractivity contribution in [2.75, 3.05) is 44.7 Å². The smallest absolute Gasteiger partial charge is 0.162 e. The Morgan fingerprint density at radius 3 is 2.73 bits per heavy atom. The molecule has 1 unspecified atom stereocenters. The molecule has 4 heterocycles. The lowest BCUT2D eigenvalue weighted by atomic mass is 10.0. The number of benzene rings is 2. The molecule has 4 aromatic rings. The van der Waals surface area contributed by atoms with E-state index in [1.807, 2.05) is 13.0 Å². The zero-order chi connectivity index (χ0) is 28.3. The first-order valence-electron chi connectivity index (χ1n) is 14.0. The summed E-state index contributed by atoms with van der Waals surface area (Å²) in [5.74, 6) is 0.743. The maximum Gasteiger partial charge on any atom is 0.162 e. The molecule has 0 bridgehead atoms. The van der Waals surface area contributed by atoms with Gasteiger partial charge < -0.3 is 24.9 Å². The number of halogens is 2. The number of aliphatic hydroxyl groups excluding tert-OH is 1. The number of hydrogen-bond acceptors (Lipinski definition) is 8. The Hall–Kier alpha value is -3.28. The molecular weight excluding hydrogens is 547 g/mol. The number of nitrogens with zero attached hydrogens (tertiary/aromatic N) is 4. The summed E-state index contributed by atoms with van der Waals surface area (Å²) < 4.78 is 24.8. The van der Waals surface area contributed by atoms with E-state index in [4.69, 9.17) is 21.1 Å². The van der Waals surface area contributed by atoms with Gasteiger partial charge in [0.1, 0.15) is 24.4 Å². The molecule has 0 saturated carbocycles. The molecule has 2 aliphatic rings. The van der Waals surface area contributed by atoms with E-state index in [2.05, 4.69) is 30.3 Å². The number of rotatable bonds is 8. The summed E-state index contributed by atoms with van der Waals surface area (Å²) in [6.07, 6.45) is 2.97. The molecule has 11 heteroatoms. The number of aryl methyl sites for hydroxylation is 1. The molecule has 9 nitrogen and oxygen atoms in total. The van der Waals surface area contributed by atoms with Crippen LogP contribution in [0.5, 0.6) is 5.75 Å². The van der Waals surface area contributed by atoms with Crippen LogP contribution >= 0.6 is 11.6 Å². The van der Waals surface area contributed by atoms with Crippen molar-refractivity contribution >= 4 is 34.0 Å². The standard InChI is InChI=1S/C30H34ClFN6O3/c1-19-27-25(35-28(19)30(39)38-9-7-23(8-10-38)37-11-13-40-14-12-37)17-33-36-29(27)34-22-5-6-26(24(31)16-22)41-18-20-3-2-4-21(32)15-20/h2-6,15-17,23,30,35,39H,7-14,18H2,1H3,(H,34,36). The summed E-state index contributed by atoms with van der Waals surface area (Å²) in [4.78, 5) is 8.03. The quantitative estimate of drug-likeness (QED) is 0.263. The van der Waals surface area contributed by atoms with Crippen LogP contribution in [0.2, 0.25) is 5.02 Å². The molecule has 3 N–H and O–H groups in total. The van der Waals surface area contributed by atoms with Gasteiger partial charge in [-0.25, -0.2) is 4.39 Å². The van der Waals surface area contributed by atoms with Crippen molar-refractivity contribution in [3.05, 3.63) is 76.3 Å². The number of morpholine rings is 1. The number of piperidine rings is 1. The summed E-state index contributed by atoms with van der Waals surface area (Å²) >= 11 is 6.51. The molecular formula is C30H34ClFN6O3. The molecule has 0 aliphatic carbocycles. The minimum absolute atomic E-state index is 0.202. The third-order valence-electron chi connectivity index (χ3n) is 8.04. The molecule has 0 amide bonds. The van der Waals surface area contributed by atoms with Crippen molar-refractivity contribution in [2.24, 2.45) is 0 Å². The number of aromatic nitrogens is 3. The SMILES string of the molecule is Cc1c(C(O)N2CCC(N3CCOCC3)CC2)[nH]c2cnnc(Nc3ccc(OCc4cccc(F)c4)c(Cl)c3)c12. The van der Waals surface area contributed by atoms with Gasteiger partial charge in [-0.15, -0.1) is 5.10 Å². The van der Waals surface area contributed by atoms with Gasteiger partial charge >= 0.3 is 0 Å². The fraction of sp³-hybridized carbons (Fsp3) is 0.400. The van der Waals surface area contributed by atoms with Crippen molar-refractivity contribution in [3.8, 4) is 5.75 Å². The van der Waals surface area contributed by atoms with Crippen LogP contribution < -0.4 is 10.1 Å². The fourth-order valence-corrected chi connectivity index (χ4v) is 6.06. The third-order valence-corrected chi connectivity index (χ3v) is 8.34. The number of anilines is 2. The Balaban J connectivity index is 1.14. The second-order valence-electron chi connectivity index (χ2n) is 10.6. The predicted molar refractivity (Wildman–Crippen MR) is 156 cm³/mol. The maximum atomic E-state index is 13.5. The topological polar surface area (TPSA) is 98.8 Å². The van der Waals surface area contributed by atoms with Crippen LogP contribution in [0.4, 0.5) is 15.9 Å². The van der Waals surface area contributed by atoms with Gasteiger partial charge in [-0.2, -0.15) is 5.10 Å². The number of likely N-dealkylation sites (tertiary alicyclic amines) is 1. The number of aliphatic hydroxyl groups is 1. The van der Waals surface area contributed by atoms with E-state index in [1.54, 1.807) is 30.5 Å². The molecule has 0 spiro atoms. The first-order chi connectivity index (χ1) is 20.0. The second-order valence-corrected chi connectivity index (χ2v) is 11.0. The Morgan fingerprint density at radius 1 is 1.17 bits per heavy atom. The van der Waals surface area contributed by atoms with Crippen molar-refractivity contribution in [2.45, 2.75) is 38.6 Å². The van der Waals surface area contributed by atoms with E-state index in [1.165, 1.54) is 12.1 Å². The molecule has 2 aromatic carbocycles. The minimum Gasteiger partial charge on any atom is -0.487 e. The highest BCUT2D eigenvalue weighted by Gasteiger charge is 2.30. The van der Waals surface area contributed by atoms with Crippen LogP contribution in [0, 0.1) is 12.7 Å². The first kappa shape index (κ1) is 27.9. The number of hydrogen-bond donors (Lipinski definition) is 3. The van der Waals surface area contributed by atoms with E-state index >= 15 is 0 Å². The Bertz CT molecular complexity index is 1500. The molecule has 2 saturated heterocycles. The van der Waals surface area contributed by atoms with E-state index < -0.39 is 6.23 Å². The number of fused-ring (bicyclic) bond motifs is 1. The molecule has 6 rings (SSSR count). The van der Waals surface area contributed by atoms with Crippen LogP contribution in [0.15, 0.2) is 48.7 Å². The van der Waals surface area contributed by atoms with Gasteiger partial charge in [0.2, 0.25) is 0 Å². The average Bonchev–Trinajstić information content (AvgIpc) is 3.34. The van der Waals surface area contributed by atoms with Gasteiger partial charge in [0.15, 0.2) is 5.82 Å². The van der Waals surface area contributed by atoms with Gasteiger partial charge in [0, 0.05) is 43.3 Å². The predicted octanol–water partition coefficient (Wildman–Crippen LogP) is 5.17. The molecule has 216 valence electrons. The fourth-order valence-electron chi connectivity index (χ4n) is 5.82. The van der Waals surface area contributed by atoms with Crippen molar-refractivity contribution in [1.29, 1.82) is 0 Å². The monoisotopic (exact) mass is 580 g/mol. The van der Waals surface area contributed by atoms with Crippen LogP contribution in [0.1, 0.15) is 35.9 Å². The molecule has 0 radical (unpaired) electrons. The van der Waals surface area contributed by atoms with Crippen molar-refractivity contribution in [3.63, 3.8) is 0 Å². The third kappa shape index (κ3) is 6.17. The Labute approximate surface area is 243 Å². The summed E-state index contributed by atoms with van der Waals surface area (Å²) in [6, 6.07) is 12.2. The summed E-state index contributed by atoms with van der Waals surface area (Å²) in [5.41, 5.74) is 3.89. The van der Waals surface area contributed by atoms with E-state index in [9.17, 15) is 9.50 Å².